The average Bonchev–Trinajstić information content (AvgIpc) is 2.39. The summed E-state index contributed by atoms with van der Waals surface area (Å²) in [6, 6.07) is 1.63. The fourth-order valence-corrected chi connectivity index (χ4v) is 2.01. The number of methoxy groups -OCH3 is 1. The lowest BCUT2D eigenvalue weighted by Gasteiger charge is -2.22. The molecule has 0 aromatic carbocycles. The molecule has 2 heterocycles. The number of pyridine rings is 1. The number of carboxylic acid groups (broad SMARTS) is 1. The van der Waals surface area contributed by atoms with Crippen LogP contribution in [0.2, 0.25) is 0 Å². The van der Waals surface area contributed by atoms with E-state index in [4.69, 9.17) is 14.6 Å². The fourth-order valence-electron chi connectivity index (χ4n) is 2.01. The number of carboxylic acids is 1. The number of ether oxygens (including phenoxy) is 2. The van der Waals surface area contributed by atoms with Gasteiger partial charge in [-0.1, -0.05) is 0 Å². The Morgan fingerprint density at radius 2 is 2.47 bits per heavy atom. The normalized spacial score (nSPS) is 19.9. The smallest absolute Gasteiger partial charge is 0.341 e. The quantitative estimate of drug-likeness (QED) is 0.866. The number of rotatable bonds is 3. The van der Waals surface area contributed by atoms with Gasteiger partial charge >= 0.3 is 5.97 Å². The van der Waals surface area contributed by atoms with Crippen molar-refractivity contribution in [2.24, 2.45) is 0 Å². The second-order valence-electron chi connectivity index (χ2n) is 4.04. The summed E-state index contributed by atoms with van der Waals surface area (Å²) in [4.78, 5) is 15.1. The first-order valence-electron chi connectivity index (χ1n) is 5.57. The van der Waals surface area contributed by atoms with Crippen LogP contribution in [0.5, 0.6) is 5.88 Å². The van der Waals surface area contributed by atoms with E-state index in [9.17, 15) is 4.79 Å². The van der Waals surface area contributed by atoms with Crippen LogP contribution < -0.4 is 4.74 Å². The summed E-state index contributed by atoms with van der Waals surface area (Å²) in [5.41, 5.74) is 1.01. The van der Waals surface area contributed by atoms with E-state index in [1.165, 1.54) is 7.11 Å². The van der Waals surface area contributed by atoms with Crippen LogP contribution in [0.1, 0.15) is 34.7 Å². The van der Waals surface area contributed by atoms with E-state index in [-0.39, 0.29) is 17.4 Å². The third-order valence-electron chi connectivity index (χ3n) is 2.93. The Morgan fingerprint density at radius 1 is 1.65 bits per heavy atom. The van der Waals surface area contributed by atoms with Gasteiger partial charge in [0.25, 0.3) is 0 Å². The number of aromatic carboxylic acids is 1. The average molecular weight is 237 g/mol. The summed E-state index contributed by atoms with van der Waals surface area (Å²) >= 11 is 0. The van der Waals surface area contributed by atoms with E-state index in [2.05, 4.69) is 4.98 Å². The van der Waals surface area contributed by atoms with Crippen LogP contribution in [0.15, 0.2) is 12.3 Å². The van der Waals surface area contributed by atoms with Gasteiger partial charge in [0.2, 0.25) is 5.88 Å². The minimum atomic E-state index is -1.02. The predicted molar refractivity (Wildman–Crippen MR) is 60.5 cm³/mol. The second-order valence-corrected chi connectivity index (χ2v) is 4.04. The lowest BCUT2D eigenvalue weighted by atomic mass is 9.94. The number of hydrogen-bond donors (Lipinski definition) is 1. The van der Waals surface area contributed by atoms with Crippen molar-refractivity contribution in [2.75, 3.05) is 20.3 Å². The van der Waals surface area contributed by atoms with Crippen molar-refractivity contribution in [3.8, 4) is 5.88 Å². The molecule has 1 N–H and O–H groups in total. The molecule has 1 aliphatic heterocycles. The molecule has 1 saturated heterocycles. The van der Waals surface area contributed by atoms with E-state index in [1.807, 2.05) is 0 Å². The third kappa shape index (κ3) is 2.55. The Kier molecular flexibility index (Phi) is 3.58. The Morgan fingerprint density at radius 3 is 3.06 bits per heavy atom. The third-order valence-corrected chi connectivity index (χ3v) is 2.93. The zero-order valence-corrected chi connectivity index (χ0v) is 9.68. The van der Waals surface area contributed by atoms with Crippen LogP contribution in [0.25, 0.3) is 0 Å². The van der Waals surface area contributed by atoms with Crippen LogP contribution in [0.3, 0.4) is 0 Å². The van der Waals surface area contributed by atoms with Gasteiger partial charge in [-0.2, -0.15) is 0 Å². The van der Waals surface area contributed by atoms with E-state index in [1.54, 1.807) is 12.3 Å². The fraction of sp³-hybridized carbons (Fsp3) is 0.500. The molecule has 1 fully saturated rings. The van der Waals surface area contributed by atoms with Crippen molar-refractivity contribution < 1.29 is 19.4 Å². The minimum Gasteiger partial charge on any atom is -0.480 e. The molecule has 5 nitrogen and oxygen atoms in total. The first-order chi connectivity index (χ1) is 8.22. The van der Waals surface area contributed by atoms with Gasteiger partial charge in [-0.05, 0) is 24.5 Å². The second kappa shape index (κ2) is 5.14. The summed E-state index contributed by atoms with van der Waals surface area (Å²) in [6.45, 7) is 1.42. The van der Waals surface area contributed by atoms with Crippen molar-refractivity contribution >= 4 is 5.97 Å². The van der Waals surface area contributed by atoms with Gasteiger partial charge in [0.05, 0.1) is 13.7 Å². The zero-order chi connectivity index (χ0) is 12.3. The maximum atomic E-state index is 11.1. The number of carbonyl (C=O) groups is 1. The van der Waals surface area contributed by atoms with Crippen molar-refractivity contribution in [1.82, 2.24) is 4.98 Å². The molecule has 1 aliphatic rings. The number of hydrogen-bond acceptors (Lipinski definition) is 4. The molecule has 0 saturated carbocycles. The number of nitrogens with zero attached hydrogens (tertiary/aromatic N) is 1. The molecule has 1 aromatic heterocycles. The lowest BCUT2D eigenvalue weighted by Crippen LogP contribution is -2.16. The van der Waals surface area contributed by atoms with Gasteiger partial charge in [-0.3, -0.25) is 0 Å². The van der Waals surface area contributed by atoms with Gasteiger partial charge in [0.1, 0.15) is 5.56 Å². The molecule has 0 amide bonds. The summed E-state index contributed by atoms with van der Waals surface area (Å²) in [5.74, 6) is -0.633. The van der Waals surface area contributed by atoms with Crippen molar-refractivity contribution in [1.29, 1.82) is 0 Å². The lowest BCUT2D eigenvalue weighted by molar-refractivity contribution is 0.0689. The molecule has 0 radical (unpaired) electrons. The summed E-state index contributed by atoms with van der Waals surface area (Å²) < 4.78 is 10.3. The molecule has 1 unspecified atom stereocenters. The molecule has 2 rings (SSSR count). The number of aromatic nitrogens is 1. The van der Waals surface area contributed by atoms with Crippen LogP contribution in [-0.2, 0) is 4.74 Å². The van der Waals surface area contributed by atoms with Crippen molar-refractivity contribution in [3.05, 3.63) is 23.4 Å². The minimum absolute atomic E-state index is 0.107. The summed E-state index contributed by atoms with van der Waals surface area (Å²) in [6.07, 6.45) is 3.68. The molecule has 0 aliphatic carbocycles. The molecular formula is C12H15NO4. The van der Waals surface area contributed by atoms with Crippen LogP contribution in [0, 0.1) is 0 Å². The first kappa shape index (κ1) is 11.9. The molecule has 17 heavy (non-hydrogen) atoms. The van der Waals surface area contributed by atoms with Crippen LogP contribution in [0.4, 0.5) is 0 Å². The highest BCUT2D eigenvalue weighted by Crippen LogP contribution is 2.27. The Hall–Kier alpha value is -1.62. The summed E-state index contributed by atoms with van der Waals surface area (Å²) in [5, 5.41) is 9.07. The topological polar surface area (TPSA) is 68.7 Å². The van der Waals surface area contributed by atoms with Gasteiger partial charge < -0.3 is 14.6 Å². The van der Waals surface area contributed by atoms with Gasteiger partial charge in [0.15, 0.2) is 0 Å². The highest BCUT2D eigenvalue weighted by atomic mass is 16.5. The first-order valence-corrected chi connectivity index (χ1v) is 5.57. The van der Waals surface area contributed by atoms with Gasteiger partial charge in [-0.25, -0.2) is 9.78 Å². The predicted octanol–water partition coefficient (Wildman–Crippen LogP) is 1.68. The van der Waals surface area contributed by atoms with E-state index >= 15 is 0 Å². The Balaban J connectivity index is 2.29. The zero-order valence-electron chi connectivity index (χ0n) is 9.68. The maximum Gasteiger partial charge on any atom is 0.341 e. The molecule has 0 bridgehead atoms. The van der Waals surface area contributed by atoms with Crippen LogP contribution >= 0.6 is 0 Å². The van der Waals surface area contributed by atoms with Crippen molar-refractivity contribution in [3.63, 3.8) is 0 Å². The molecule has 1 atom stereocenters. The highest BCUT2D eigenvalue weighted by molar-refractivity contribution is 5.90. The molecule has 5 heteroatoms. The molecule has 1 aromatic rings. The monoisotopic (exact) mass is 237 g/mol. The van der Waals surface area contributed by atoms with E-state index < -0.39 is 5.97 Å². The van der Waals surface area contributed by atoms with Gasteiger partial charge in [-0.15, -0.1) is 0 Å². The highest BCUT2D eigenvalue weighted by Gasteiger charge is 2.20. The SMILES string of the molecule is COc1ncc(C2CCCOC2)cc1C(=O)O. The van der Waals surface area contributed by atoms with Crippen LogP contribution in [-0.4, -0.2) is 36.4 Å². The standard InChI is InChI=1S/C12H15NO4/c1-16-11-10(12(14)15)5-9(6-13-11)8-3-2-4-17-7-8/h5-6,8H,2-4,7H2,1H3,(H,14,15). The van der Waals surface area contributed by atoms with E-state index in [0.717, 1.165) is 25.0 Å². The summed E-state index contributed by atoms with van der Waals surface area (Å²) in [7, 11) is 1.41. The van der Waals surface area contributed by atoms with Crippen molar-refractivity contribution in [2.45, 2.75) is 18.8 Å². The largest absolute Gasteiger partial charge is 0.480 e. The van der Waals surface area contributed by atoms with E-state index in [0.29, 0.717) is 6.61 Å². The van der Waals surface area contributed by atoms with Gasteiger partial charge in [0, 0.05) is 18.7 Å². The Labute approximate surface area is 99.4 Å². The molecule has 92 valence electrons. The molecular weight excluding hydrogens is 222 g/mol. The Bertz CT molecular complexity index is 413. The maximum absolute atomic E-state index is 11.1. The molecule has 0 spiro atoms.